The number of hydrogen-bond donors (Lipinski definition) is 1. The third-order valence-corrected chi connectivity index (χ3v) is 4.62. The molecule has 0 fully saturated rings. The maximum atomic E-state index is 12.2. The second-order valence-corrected chi connectivity index (χ2v) is 6.60. The second-order valence-electron chi connectivity index (χ2n) is 4.52. The monoisotopic (exact) mass is 306 g/mol. The minimum Gasteiger partial charge on any atom is -0.313 e. The Morgan fingerprint density at radius 3 is 2.25 bits per heavy atom. The Morgan fingerprint density at radius 1 is 1.20 bits per heavy atom. The standard InChI is InChI=1S/C13H20F2N2O2S/c1-3-16-8-11-4-6-12(7-5-11)10-20(18,19)17(2)9-13(14)15/h4-7,13,16H,3,8-10H2,1-2H3. The average molecular weight is 306 g/mol. The summed E-state index contributed by atoms with van der Waals surface area (Å²) in [6, 6.07) is 7.09. The van der Waals surface area contributed by atoms with Crippen molar-refractivity contribution in [3.05, 3.63) is 35.4 Å². The first kappa shape index (κ1) is 17.0. The van der Waals surface area contributed by atoms with Crippen LogP contribution in [0.2, 0.25) is 0 Å². The number of nitrogens with zero attached hydrogens (tertiary/aromatic N) is 1. The van der Waals surface area contributed by atoms with Crippen LogP contribution in [0.1, 0.15) is 18.1 Å². The van der Waals surface area contributed by atoms with E-state index in [-0.39, 0.29) is 5.75 Å². The lowest BCUT2D eigenvalue weighted by Gasteiger charge is -2.16. The Morgan fingerprint density at radius 2 is 1.75 bits per heavy atom. The van der Waals surface area contributed by atoms with Gasteiger partial charge in [-0.1, -0.05) is 31.2 Å². The van der Waals surface area contributed by atoms with Crippen LogP contribution in [0.4, 0.5) is 8.78 Å². The highest BCUT2D eigenvalue weighted by Crippen LogP contribution is 2.12. The molecule has 0 heterocycles. The van der Waals surface area contributed by atoms with Gasteiger partial charge in [-0.15, -0.1) is 0 Å². The third-order valence-electron chi connectivity index (χ3n) is 2.82. The van der Waals surface area contributed by atoms with Gasteiger partial charge in [-0.25, -0.2) is 17.2 Å². The van der Waals surface area contributed by atoms with Gasteiger partial charge in [-0.2, -0.15) is 4.31 Å². The molecule has 0 spiro atoms. The highest BCUT2D eigenvalue weighted by molar-refractivity contribution is 7.88. The summed E-state index contributed by atoms with van der Waals surface area (Å²) in [5.41, 5.74) is 1.64. The number of halogens is 2. The lowest BCUT2D eigenvalue weighted by molar-refractivity contribution is 0.126. The van der Waals surface area contributed by atoms with Crippen LogP contribution >= 0.6 is 0 Å². The van der Waals surface area contributed by atoms with E-state index >= 15 is 0 Å². The summed E-state index contributed by atoms with van der Waals surface area (Å²) in [6.45, 7) is 2.80. The zero-order valence-electron chi connectivity index (χ0n) is 11.6. The van der Waals surface area contributed by atoms with E-state index in [1.54, 1.807) is 12.1 Å². The largest absolute Gasteiger partial charge is 0.313 e. The first-order chi connectivity index (χ1) is 9.35. The molecular weight excluding hydrogens is 286 g/mol. The molecule has 1 N–H and O–H groups in total. The Hall–Kier alpha value is -1.05. The van der Waals surface area contributed by atoms with E-state index in [4.69, 9.17) is 0 Å². The highest BCUT2D eigenvalue weighted by Gasteiger charge is 2.21. The van der Waals surface area contributed by atoms with Gasteiger partial charge in [0.2, 0.25) is 10.0 Å². The van der Waals surface area contributed by atoms with Gasteiger partial charge < -0.3 is 5.32 Å². The van der Waals surface area contributed by atoms with E-state index in [1.807, 2.05) is 19.1 Å². The highest BCUT2D eigenvalue weighted by atomic mass is 32.2. The Labute approximate surface area is 118 Å². The van der Waals surface area contributed by atoms with Crippen LogP contribution in [0.3, 0.4) is 0 Å². The topological polar surface area (TPSA) is 49.4 Å². The molecule has 0 saturated heterocycles. The van der Waals surface area contributed by atoms with Crippen LogP contribution < -0.4 is 5.32 Å². The van der Waals surface area contributed by atoms with Crippen molar-refractivity contribution in [3.8, 4) is 0 Å². The maximum Gasteiger partial charge on any atom is 0.252 e. The number of rotatable bonds is 8. The van der Waals surface area contributed by atoms with Gasteiger partial charge in [-0.3, -0.25) is 0 Å². The van der Waals surface area contributed by atoms with Gasteiger partial charge in [0.15, 0.2) is 0 Å². The quantitative estimate of drug-likeness (QED) is 0.797. The molecule has 1 aromatic carbocycles. The third kappa shape index (κ3) is 5.52. The molecule has 0 aliphatic heterocycles. The van der Waals surface area contributed by atoms with Crippen LogP contribution in [-0.2, 0) is 22.3 Å². The molecule has 114 valence electrons. The molecule has 1 rings (SSSR count). The minimum atomic E-state index is -3.70. The van der Waals surface area contributed by atoms with E-state index in [1.165, 1.54) is 7.05 Å². The summed E-state index contributed by atoms with van der Waals surface area (Å²) in [5, 5.41) is 3.16. The molecule has 0 aliphatic rings. The summed E-state index contributed by atoms with van der Waals surface area (Å²) in [7, 11) is -2.53. The van der Waals surface area contributed by atoms with E-state index in [9.17, 15) is 17.2 Å². The van der Waals surface area contributed by atoms with Crippen LogP contribution in [-0.4, -0.2) is 39.3 Å². The van der Waals surface area contributed by atoms with Gasteiger partial charge in [-0.05, 0) is 17.7 Å². The van der Waals surface area contributed by atoms with Crippen molar-refractivity contribution in [1.29, 1.82) is 0 Å². The zero-order chi connectivity index (χ0) is 15.2. The van der Waals surface area contributed by atoms with Gasteiger partial charge in [0.05, 0.1) is 12.3 Å². The van der Waals surface area contributed by atoms with Gasteiger partial charge in [0, 0.05) is 13.6 Å². The fourth-order valence-corrected chi connectivity index (χ4v) is 2.83. The number of alkyl halides is 2. The summed E-state index contributed by atoms with van der Waals surface area (Å²) in [4.78, 5) is 0. The predicted molar refractivity (Wildman–Crippen MR) is 75.1 cm³/mol. The molecule has 0 bridgehead atoms. The molecular formula is C13H20F2N2O2S. The van der Waals surface area contributed by atoms with E-state index < -0.39 is 23.0 Å². The van der Waals surface area contributed by atoms with Crippen molar-refractivity contribution in [3.63, 3.8) is 0 Å². The number of sulfonamides is 1. The van der Waals surface area contributed by atoms with Crippen molar-refractivity contribution in [2.24, 2.45) is 0 Å². The molecule has 1 aromatic rings. The summed E-state index contributed by atoms with van der Waals surface area (Å²) in [5.74, 6) is -0.266. The molecule has 0 radical (unpaired) electrons. The van der Waals surface area contributed by atoms with Gasteiger partial charge in [0.1, 0.15) is 0 Å². The normalized spacial score (nSPS) is 12.3. The van der Waals surface area contributed by atoms with Crippen LogP contribution in [0.25, 0.3) is 0 Å². The summed E-state index contributed by atoms with van der Waals surface area (Å²) >= 11 is 0. The Bertz CT molecular complexity index is 504. The van der Waals surface area contributed by atoms with Crippen LogP contribution in [0.15, 0.2) is 24.3 Å². The average Bonchev–Trinajstić information content (AvgIpc) is 2.36. The molecule has 20 heavy (non-hydrogen) atoms. The summed E-state index contributed by atoms with van der Waals surface area (Å²) < 4.78 is 48.9. The fraction of sp³-hybridized carbons (Fsp3) is 0.538. The van der Waals surface area contributed by atoms with Crippen molar-refractivity contribution in [2.75, 3.05) is 20.1 Å². The lowest BCUT2D eigenvalue weighted by Crippen LogP contribution is -2.32. The first-order valence-electron chi connectivity index (χ1n) is 6.36. The Kier molecular flexibility index (Phi) is 6.51. The fourth-order valence-electron chi connectivity index (χ4n) is 1.65. The van der Waals surface area contributed by atoms with Gasteiger partial charge >= 0.3 is 0 Å². The smallest absolute Gasteiger partial charge is 0.252 e. The minimum absolute atomic E-state index is 0.266. The van der Waals surface area contributed by atoms with Crippen molar-refractivity contribution >= 4 is 10.0 Å². The van der Waals surface area contributed by atoms with Crippen molar-refractivity contribution in [2.45, 2.75) is 25.6 Å². The molecule has 0 aromatic heterocycles. The zero-order valence-corrected chi connectivity index (χ0v) is 12.5. The second kappa shape index (κ2) is 7.66. The van der Waals surface area contributed by atoms with Crippen molar-refractivity contribution in [1.82, 2.24) is 9.62 Å². The molecule has 0 aliphatic carbocycles. The number of hydrogen-bond acceptors (Lipinski definition) is 3. The Balaban J connectivity index is 2.67. The maximum absolute atomic E-state index is 12.2. The molecule has 4 nitrogen and oxygen atoms in total. The van der Waals surface area contributed by atoms with E-state index in [0.717, 1.165) is 18.7 Å². The van der Waals surface area contributed by atoms with Gasteiger partial charge in [0.25, 0.3) is 6.43 Å². The molecule has 0 saturated carbocycles. The number of benzene rings is 1. The molecule has 0 atom stereocenters. The number of nitrogens with one attached hydrogen (secondary N) is 1. The lowest BCUT2D eigenvalue weighted by atomic mass is 10.1. The van der Waals surface area contributed by atoms with E-state index in [0.29, 0.717) is 9.87 Å². The summed E-state index contributed by atoms with van der Waals surface area (Å²) in [6.07, 6.45) is -2.67. The molecule has 0 amide bonds. The predicted octanol–water partition coefficient (Wildman–Crippen LogP) is 1.82. The van der Waals surface area contributed by atoms with Crippen LogP contribution in [0.5, 0.6) is 0 Å². The van der Waals surface area contributed by atoms with Crippen LogP contribution in [0, 0.1) is 0 Å². The van der Waals surface area contributed by atoms with E-state index in [2.05, 4.69) is 5.32 Å². The molecule has 0 unspecified atom stereocenters. The van der Waals surface area contributed by atoms with Crippen molar-refractivity contribution < 1.29 is 17.2 Å². The first-order valence-corrected chi connectivity index (χ1v) is 7.96. The molecule has 7 heteroatoms. The SMILES string of the molecule is CCNCc1ccc(CS(=O)(=O)N(C)CC(F)F)cc1.